The lowest BCUT2D eigenvalue weighted by Crippen LogP contribution is -2.11. The summed E-state index contributed by atoms with van der Waals surface area (Å²) >= 11 is 0. The van der Waals surface area contributed by atoms with Crippen LogP contribution in [0.25, 0.3) is 0 Å². The summed E-state index contributed by atoms with van der Waals surface area (Å²) in [5.74, 6) is 0.964. The van der Waals surface area contributed by atoms with Crippen molar-refractivity contribution in [1.82, 2.24) is 4.90 Å². The zero-order chi connectivity index (χ0) is 18.0. The Morgan fingerprint density at radius 2 is 1.46 bits per heavy atom. The number of hydrogen-bond acceptors (Lipinski definition) is 5. The standard InChI is InChI=1S/C9H15NO2.C5H6O2.C5H10/c1-2-12-9(11)5-8-10-6-3-4-7-10;1-3-5(6)7-4-2;1-2-4-5-3-1/h5,8H,2-4,6-7H2,1H3;1H,4H2,2H3;1-5H2/b8-5+;;. The van der Waals surface area contributed by atoms with Crippen molar-refractivity contribution in [1.29, 1.82) is 0 Å². The van der Waals surface area contributed by atoms with Crippen molar-refractivity contribution < 1.29 is 19.1 Å². The molecule has 24 heavy (non-hydrogen) atoms. The van der Waals surface area contributed by atoms with Gasteiger partial charge in [-0.15, -0.1) is 6.42 Å². The van der Waals surface area contributed by atoms with Gasteiger partial charge < -0.3 is 14.4 Å². The highest BCUT2D eigenvalue weighted by Crippen LogP contribution is 2.15. The van der Waals surface area contributed by atoms with E-state index in [-0.39, 0.29) is 5.97 Å². The van der Waals surface area contributed by atoms with Gasteiger partial charge in [0.15, 0.2) is 0 Å². The van der Waals surface area contributed by atoms with Crippen molar-refractivity contribution >= 4 is 11.9 Å². The molecule has 5 nitrogen and oxygen atoms in total. The summed E-state index contributed by atoms with van der Waals surface area (Å²) in [5.41, 5.74) is 0. The first-order chi connectivity index (χ1) is 11.6. The molecule has 136 valence electrons. The Hall–Kier alpha value is -1.96. The zero-order valence-electron chi connectivity index (χ0n) is 15.1. The van der Waals surface area contributed by atoms with Gasteiger partial charge in [-0.3, -0.25) is 0 Å². The molecular weight excluding hydrogens is 306 g/mol. The molecule has 0 amide bonds. The monoisotopic (exact) mass is 337 g/mol. The molecule has 0 N–H and O–H groups in total. The van der Waals surface area contributed by atoms with E-state index in [4.69, 9.17) is 4.74 Å². The fourth-order valence-corrected chi connectivity index (χ4v) is 2.30. The molecule has 1 heterocycles. The Balaban J connectivity index is 0.000000372. The van der Waals surface area contributed by atoms with E-state index in [1.165, 1.54) is 51.0 Å². The van der Waals surface area contributed by atoms with Gasteiger partial charge in [0.1, 0.15) is 0 Å². The van der Waals surface area contributed by atoms with Gasteiger partial charge in [-0.2, -0.15) is 0 Å². The smallest absolute Gasteiger partial charge is 0.384 e. The van der Waals surface area contributed by atoms with Gasteiger partial charge in [0.25, 0.3) is 0 Å². The molecule has 0 aromatic rings. The van der Waals surface area contributed by atoms with E-state index in [0.29, 0.717) is 13.2 Å². The Bertz CT molecular complexity index is 394. The highest BCUT2D eigenvalue weighted by atomic mass is 16.5. The highest BCUT2D eigenvalue weighted by Gasteiger charge is 2.06. The van der Waals surface area contributed by atoms with Gasteiger partial charge in [-0.05, 0) is 26.7 Å². The van der Waals surface area contributed by atoms with Crippen molar-refractivity contribution in [3.8, 4) is 12.3 Å². The minimum Gasteiger partial charge on any atom is -0.463 e. The molecule has 1 aliphatic heterocycles. The van der Waals surface area contributed by atoms with Crippen LogP contribution in [0.1, 0.15) is 58.8 Å². The van der Waals surface area contributed by atoms with Crippen LogP contribution in [0.5, 0.6) is 0 Å². The fraction of sp³-hybridized carbons (Fsp3) is 0.684. The molecule has 0 aromatic heterocycles. The summed E-state index contributed by atoms with van der Waals surface area (Å²) in [7, 11) is 0. The number of terminal acetylenes is 1. The second-order valence-corrected chi connectivity index (χ2v) is 5.44. The van der Waals surface area contributed by atoms with Crippen LogP contribution in [0.4, 0.5) is 0 Å². The molecule has 0 bridgehead atoms. The third-order valence-electron chi connectivity index (χ3n) is 3.49. The number of carbonyl (C=O) groups is 2. The third kappa shape index (κ3) is 13.7. The van der Waals surface area contributed by atoms with Crippen LogP contribution in [-0.2, 0) is 19.1 Å². The maximum atomic E-state index is 10.9. The first kappa shape index (κ1) is 22.0. The Kier molecular flexibility index (Phi) is 14.6. The molecule has 5 heteroatoms. The average Bonchev–Trinajstić information content (AvgIpc) is 3.30. The largest absolute Gasteiger partial charge is 0.463 e. The summed E-state index contributed by atoms with van der Waals surface area (Å²) in [5, 5.41) is 0. The number of rotatable bonds is 4. The normalized spacial score (nSPS) is 15.6. The summed E-state index contributed by atoms with van der Waals surface area (Å²) in [6.45, 7) is 6.44. The van der Waals surface area contributed by atoms with Crippen LogP contribution in [0.2, 0.25) is 0 Å². The lowest BCUT2D eigenvalue weighted by atomic mass is 10.4. The van der Waals surface area contributed by atoms with Crippen LogP contribution in [-0.4, -0.2) is 43.1 Å². The predicted octanol–water partition coefficient (Wildman–Crippen LogP) is 3.29. The van der Waals surface area contributed by atoms with E-state index in [9.17, 15) is 9.59 Å². The lowest BCUT2D eigenvalue weighted by Gasteiger charge is -2.09. The SMILES string of the molecule is C#CC(=O)OCC.C1CCCC1.CCOC(=O)/C=C/N1CCCC1. The van der Waals surface area contributed by atoms with E-state index >= 15 is 0 Å². The fourth-order valence-electron chi connectivity index (χ4n) is 2.30. The van der Waals surface area contributed by atoms with Crippen LogP contribution >= 0.6 is 0 Å². The van der Waals surface area contributed by atoms with Crippen LogP contribution in [0.15, 0.2) is 12.3 Å². The molecule has 0 spiro atoms. The molecule has 1 saturated carbocycles. The van der Waals surface area contributed by atoms with Gasteiger partial charge in [0.2, 0.25) is 0 Å². The van der Waals surface area contributed by atoms with Gasteiger partial charge in [0, 0.05) is 31.3 Å². The van der Waals surface area contributed by atoms with Gasteiger partial charge in [-0.1, -0.05) is 32.1 Å². The van der Waals surface area contributed by atoms with E-state index in [1.807, 2.05) is 13.1 Å². The van der Waals surface area contributed by atoms with Crippen molar-refractivity contribution in [3.05, 3.63) is 12.3 Å². The van der Waals surface area contributed by atoms with Gasteiger partial charge in [0.05, 0.1) is 13.2 Å². The van der Waals surface area contributed by atoms with Crippen molar-refractivity contribution in [3.63, 3.8) is 0 Å². The number of nitrogens with zero attached hydrogens (tertiary/aromatic N) is 1. The van der Waals surface area contributed by atoms with Crippen molar-refractivity contribution in [2.45, 2.75) is 58.8 Å². The number of esters is 2. The second kappa shape index (κ2) is 15.9. The van der Waals surface area contributed by atoms with E-state index in [0.717, 1.165) is 13.1 Å². The van der Waals surface area contributed by atoms with Gasteiger partial charge >= 0.3 is 11.9 Å². The Morgan fingerprint density at radius 1 is 0.958 bits per heavy atom. The maximum absolute atomic E-state index is 10.9. The number of likely N-dealkylation sites (tertiary alicyclic amines) is 1. The summed E-state index contributed by atoms with van der Waals surface area (Å²) in [4.78, 5) is 23.0. The minimum absolute atomic E-state index is 0.246. The van der Waals surface area contributed by atoms with E-state index < -0.39 is 5.97 Å². The third-order valence-corrected chi connectivity index (χ3v) is 3.49. The van der Waals surface area contributed by atoms with Crippen LogP contribution < -0.4 is 0 Å². The molecule has 2 fully saturated rings. The number of hydrogen-bond donors (Lipinski definition) is 0. The number of carbonyl (C=O) groups excluding carboxylic acids is 2. The van der Waals surface area contributed by atoms with Crippen LogP contribution in [0.3, 0.4) is 0 Å². The van der Waals surface area contributed by atoms with E-state index in [1.54, 1.807) is 12.8 Å². The topological polar surface area (TPSA) is 55.8 Å². The molecule has 0 radical (unpaired) electrons. The number of ether oxygens (including phenoxy) is 2. The van der Waals surface area contributed by atoms with Crippen LogP contribution in [0, 0.1) is 12.3 Å². The summed E-state index contributed by atoms with van der Waals surface area (Å²) < 4.78 is 9.07. The van der Waals surface area contributed by atoms with E-state index in [2.05, 4.69) is 16.1 Å². The molecule has 2 rings (SSSR count). The summed E-state index contributed by atoms with van der Waals surface area (Å²) in [6.07, 6.45) is 17.9. The van der Waals surface area contributed by atoms with Crippen molar-refractivity contribution in [2.24, 2.45) is 0 Å². The summed E-state index contributed by atoms with van der Waals surface area (Å²) in [6, 6.07) is 0. The zero-order valence-corrected chi connectivity index (χ0v) is 15.1. The van der Waals surface area contributed by atoms with Gasteiger partial charge in [-0.25, -0.2) is 9.59 Å². The average molecular weight is 337 g/mol. The first-order valence-electron chi connectivity index (χ1n) is 8.86. The Labute approximate surface area is 146 Å². The molecule has 0 atom stereocenters. The highest BCUT2D eigenvalue weighted by molar-refractivity contribution is 5.87. The second-order valence-electron chi connectivity index (χ2n) is 5.44. The van der Waals surface area contributed by atoms with Crippen molar-refractivity contribution in [2.75, 3.05) is 26.3 Å². The Morgan fingerprint density at radius 3 is 1.83 bits per heavy atom. The molecule has 0 unspecified atom stereocenters. The first-order valence-corrected chi connectivity index (χ1v) is 8.86. The predicted molar refractivity (Wildman–Crippen MR) is 95.1 cm³/mol. The molecule has 1 saturated heterocycles. The maximum Gasteiger partial charge on any atom is 0.384 e. The molecular formula is C19H31NO4. The molecule has 1 aliphatic carbocycles. The minimum atomic E-state index is -0.595. The molecule has 2 aliphatic rings. The molecule has 0 aromatic carbocycles. The lowest BCUT2D eigenvalue weighted by molar-refractivity contribution is -0.137. The quantitative estimate of drug-likeness (QED) is 0.341.